The van der Waals surface area contributed by atoms with Crippen molar-refractivity contribution in [1.29, 1.82) is 0 Å². The molecule has 3 unspecified atom stereocenters. The molecule has 0 spiro atoms. The van der Waals surface area contributed by atoms with E-state index in [0.29, 0.717) is 5.75 Å². The molecule has 0 rings (SSSR count). The fourth-order valence-corrected chi connectivity index (χ4v) is 1.54. The highest BCUT2D eigenvalue weighted by molar-refractivity contribution is 7.84. The predicted molar refractivity (Wildman–Crippen MR) is 86.1 cm³/mol. The molecule has 0 aliphatic heterocycles. The minimum atomic E-state index is -1.19. The summed E-state index contributed by atoms with van der Waals surface area (Å²) in [6, 6.07) is -1.18. The summed E-state index contributed by atoms with van der Waals surface area (Å²) in [7, 11) is 0. The van der Waals surface area contributed by atoms with Crippen LogP contribution in [0.2, 0.25) is 0 Å². The van der Waals surface area contributed by atoms with Crippen molar-refractivity contribution in [2.45, 2.75) is 43.1 Å². The van der Waals surface area contributed by atoms with Gasteiger partial charge in [0.2, 0.25) is 6.29 Å². The first-order valence-corrected chi connectivity index (χ1v) is 7.50. The lowest BCUT2D eigenvalue weighted by atomic mass is 10.0. The second kappa shape index (κ2) is 8.91. The fourth-order valence-electron chi connectivity index (χ4n) is 1.18. The molecular formula is C11H21NO5S3. The lowest BCUT2D eigenvalue weighted by molar-refractivity contribution is -0.140. The van der Waals surface area contributed by atoms with E-state index in [9.17, 15) is 9.59 Å². The Kier molecular flexibility index (Phi) is 8.80. The summed E-state index contributed by atoms with van der Waals surface area (Å²) >= 11 is 12.3. The zero-order chi connectivity index (χ0) is 15.9. The van der Waals surface area contributed by atoms with Crippen molar-refractivity contribution in [2.24, 2.45) is 0 Å². The minimum absolute atomic E-state index is 0.0735. The summed E-state index contributed by atoms with van der Waals surface area (Å²) in [6.07, 6.45) is -1.70. The highest BCUT2D eigenvalue weighted by Crippen LogP contribution is 2.18. The number of carboxylic acids is 1. The Bertz CT molecular complexity index is 335. The quantitative estimate of drug-likeness (QED) is 0.340. The van der Waals surface area contributed by atoms with Crippen LogP contribution in [0, 0.1) is 0 Å². The van der Waals surface area contributed by atoms with E-state index in [1.807, 2.05) is 0 Å². The van der Waals surface area contributed by atoms with Gasteiger partial charge < -0.3 is 19.9 Å². The molecule has 6 nitrogen and oxygen atoms in total. The third-order valence-electron chi connectivity index (χ3n) is 2.22. The van der Waals surface area contributed by atoms with Gasteiger partial charge in [-0.2, -0.15) is 37.9 Å². The van der Waals surface area contributed by atoms with E-state index in [4.69, 9.17) is 14.6 Å². The number of nitrogens with one attached hydrogen (secondary N) is 1. The van der Waals surface area contributed by atoms with Gasteiger partial charge in [0.15, 0.2) is 0 Å². The summed E-state index contributed by atoms with van der Waals surface area (Å²) < 4.78 is 9.18. The summed E-state index contributed by atoms with van der Waals surface area (Å²) in [6.45, 7) is 4.95. The second-order valence-electron chi connectivity index (χ2n) is 4.71. The number of carbonyl (C=O) groups excluding carboxylic acids is 1. The van der Waals surface area contributed by atoms with E-state index >= 15 is 0 Å². The molecule has 0 heterocycles. The zero-order valence-electron chi connectivity index (χ0n) is 11.6. The Labute approximate surface area is 135 Å². The summed E-state index contributed by atoms with van der Waals surface area (Å²) in [5, 5.41) is 11.2. The average Bonchev–Trinajstić information content (AvgIpc) is 2.31. The molecule has 20 heavy (non-hydrogen) atoms. The number of hydrogen-bond donors (Lipinski definition) is 5. The van der Waals surface area contributed by atoms with Gasteiger partial charge in [0.05, 0.1) is 6.61 Å². The van der Waals surface area contributed by atoms with Gasteiger partial charge in [-0.15, -0.1) is 0 Å². The van der Waals surface area contributed by atoms with Crippen molar-refractivity contribution in [1.82, 2.24) is 5.32 Å². The van der Waals surface area contributed by atoms with Crippen molar-refractivity contribution in [3.63, 3.8) is 0 Å². The molecular weight excluding hydrogens is 322 g/mol. The van der Waals surface area contributed by atoms with Crippen molar-refractivity contribution in [2.75, 3.05) is 12.4 Å². The molecule has 118 valence electrons. The maximum Gasteiger partial charge on any atom is 0.410 e. The van der Waals surface area contributed by atoms with E-state index in [1.165, 1.54) is 6.92 Å². The monoisotopic (exact) mass is 343 g/mol. The van der Waals surface area contributed by atoms with Crippen molar-refractivity contribution < 1.29 is 24.2 Å². The highest BCUT2D eigenvalue weighted by Gasteiger charge is 2.34. The van der Waals surface area contributed by atoms with Crippen LogP contribution in [0.25, 0.3) is 0 Å². The molecule has 0 aliphatic rings. The molecule has 2 N–H and O–H groups in total. The number of rotatable bonds is 8. The van der Waals surface area contributed by atoms with E-state index < -0.39 is 29.1 Å². The van der Waals surface area contributed by atoms with Crippen LogP contribution in [0.4, 0.5) is 4.79 Å². The molecule has 1 amide bonds. The number of ether oxygens (including phenoxy) is 2. The second-order valence-corrected chi connectivity index (χ2v) is 6.96. The summed E-state index contributed by atoms with van der Waals surface area (Å²) in [5.74, 6) is -0.669. The number of alkyl carbamates (subject to hydrolysis) is 1. The zero-order valence-corrected chi connectivity index (χ0v) is 14.3. The standard InChI is InChI=1S/C11H21NO5S3/c1-6(16-4-7(19)5-18)17-10(15)12-8(9(13)14)11(2,3)20/h6-8,18-20H,4-5H2,1-3H3,(H,12,15)(H,13,14). The Morgan fingerprint density at radius 2 is 1.95 bits per heavy atom. The molecule has 9 heteroatoms. The molecule has 0 aromatic carbocycles. The summed E-state index contributed by atoms with van der Waals surface area (Å²) in [4.78, 5) is 22.6. The van der Waals surface area contributed by atoms with E-state index in [2.05, 4.69) is 43.2 Å². The van der Waals surface area contributed by atoms with Crippen LogP contribution < -0.4 is 5.32 Å². The number of thiol groups is 3. The van der Waals surface area contributed by atoms with Gasteiger partial charge in [0.1, 0.15) is 6.04 Å². The SMILES string of the molecule is CC(OCC(S)CS)OC(=O)NC(C(=O)O)C(C)(C)S. The van der Waals surface area contributed by atoms with E-state index in [0.717, 1.165) is 0 Å². The van der Waals surface area contributed by atoms with Crippen molar-refractivity contribution in [3.05, 3.63) is 0 Å². The van der Waals surface area contributed by atoms with Crippen LogP contribution in [-0.2, 0) is 14.3 Å². The molecule has 0 aromatic rings. The van der Waals surface area contributed by atoms with Crippen LogP contribution >= 0.6 is 37.9 Å². The van der Waals surface area contributed by atoms with Crippen LogP contribution in [0.5, 0.6) is 0 Å². The third-order valence-corrected chi connectivity index (χ3v) is 3.54. The number of carboxylic acid groups (broad SMARTS) is 1. The summed E-state index contributed by atoms with van der Waals surface area (Å²) in [5.41, 5.74) is 0. The first-order valence-electron chi connectivity index (χ1n) is 5.90. The van der Waals surface area contributed by atoms with Crippen LogP contribution in [0.1, 0.15) is 20.8 Å². The van der Waals surface area contributed by atoms with Gasteiger partial charge in [0.25, 0.3) is 0 Å². The maximum absolute atomic E-state index is 11.6. The molecule has 0 aromatic heterocycles. The first kappa shape index (κ1) is 19.8. The molecule has 3 atom stereocenters. The van der Waals surface area contributed by atoms with Gasteiger partial charge in [-0.25, -0.2) is 9.59 Å². The lowest BCUT2D eigenvalue weighted by Crippen LogP contribution is -2.52. The van der Waals surface area contributed by atoms with Crippen LogP contribution in [0.3, 0.4) is 0 Å². The van der Waals surface area contributed by atoms with Gasteiger partial charge in [-0.3, -0.25) is 0 Å². The Hall–Kier alpha value is -0.250. The lowest BCUT2D eigenvalue weighted by Gasteiger charge is -2.27. The van der Waals surface area contributed by atoms with Crippen LogP contribution in [0.15, 0.2) is 0 Å². The Balaban J connectivity index is 4.30. The number of hydrogen-bond acceptors (Lipinski definition) is 7. The molecule has 0 fully saturated rings. The third kappa shape index (κ3) is 8.13. The first-order chi connectivity index (χ1) is 9.07. The minimum Gasteiger partial charge on any atom is -0.480 e. The number of aliphatic carboxylic acids is 1. The topological polar surface area (TPSA) is 84.9 Å². The fraction of sp³-hybridized carbons (Fsp3) is 0.818. The Morgan fingerprint density at radius 1 is 1.40 bits per heavy atom. The van der Waals surface area contributed by atoms with Gasteiger partial charge in [-0.1, -0.05) is 0 Å². The van der Waals surface area contributed by atoms with Gasteiger partial charge >= 0.3 is 12.1 Å². The molecule has 0 saturated carbocycles. The van der Waals surface area contributed by atoms with Crippen molar-refractivity contribution >= 4 is 49.9 Å². The predicted octanol–water partition coefficient (Wildman–Crippen LogP) is 1.46. The highest BCUT2D eigenvalue weighted by atomic mass is 32.1. The molecule has 0 bridgehead atoms. The smallest absolute Gasteiger partial charge is 0.410 e. The maximum atomic E-state index is 11.6. The van der Waals surface area contributed by atoms with E-state index in [-0.39, 0.29) is 11.9 Å². The van der Waals surface area contributed by atoms with E-state index in [1.54, 1.807) is 13.8 Å². The molecule has 0 saturated heterocycles. The normalized spacial score (nSPS) is 16.1. The molecule has 0 aliphatic carbocycles. The number of carbonyl (C=O) groups is 2. The molecule has 0 radical (unpaired) electrons. The largest absolute Gasteiger partial charge is 0.480 e. The van der Waals surface area contributed by atoms with Crippen molar-refractivity contribution in [3.8, 4) is 0 Å². The average molecular weight is 343 g/mol. The van der Waals surface area contributed by atoms with Gasteiger partial charge in [-0.05, 0) is 20.8 Å². The van der Waals surface area contributed by atoms with Crippen LogP contribution in [-0.4, -0.2) is 51.9 Å². The van der Waals surface area contributed by atoms with Gasteiger partial charge in [0, 0.05) is 15.7 Å². The Morgan fingerprint density at radius 3 is 2.35 bits per heavy atom. The number of amides is 1.